The largest absolute Gasteiger partial charge is 0.350 e. The van der Waals surface area contributed by atoms with Crippen LogP contribution >= 0.6 is 11.6 Å². The number of aromatic amines is 1. The van der Waals surface area contributed by atoms with Gasteiger partial charge in [0.2, 0.25) is 0 Å². The Labute approximate surface area is 139 Å². The molecular formula is C18H18ClN3O. The third-order valence-corrected chi connectivity index (χ3v) is 4.09. The Morgan fingerprint density at radius 3 is 2.70 bits per heavy atom. The zero-order valence-corrected chi connectivity index (χ0v) is 13.8. The summed E-state index contributed by atoms with van der Waals surface area (Å²) in [4.78, 5) is 19.9. The van der Waals surface area contributed by atoms with Gasteiger partial charge in [0.25, 0.3) is 5.91 Å². The lowest BCUT2D eigenvalue weighted by molar-refractivity contribution is 0.0939. The number of benzene rings is 2. The molecule has 2 N–H and O–H groups in total. The Morgan fingerprint density at radius 1 is 1.26 bits per heavy atom. The van der Waals surface area contributed by atoms with Crippen molar-refractivity contribution in [1.82, 2.24) is 15.3 Å². The molecule has 0 aliphatic heterocycles. The quantitative estimate of drug-likeness (QED) is 0.745. The maximum atomic E-state index is 12.1. The van der Waals surface area contributed by atoms with Crippen molar-refractivity contribution in [2.24, 2.45) is 0 Å². The fourth-order valence-electron chi connectivity index (χ4n) is 2.31. The zero-order valence-electron chi connectivity index (χ0n) is 13.1. The first-order valence-electron chi connectivity index (χ1n) is 7.63. The van der Waals surface area contributed by atoms with Crippen molar-refractivity contribution < 1.29 is 4.79 Å². The van der Waals surface area contributed by atoms with Crippen LogP contribution in [0.1, 0.15) is 30.6 Å². The minimum atomic E-state index is -0.0534. The van der Waals surface area contributed by atoms with E-state index in [1.54, 1.807) is 0 Å². The van der Waals surface area contributed by atoms with Crippen LogP contribution in [0.15, 0.2) is 42.5 Å². The molecule has 3 rings (SSSR count). The molecule has 5 heteroatoms. The van der Waals surface area contributed by atoms with E-state index in [1.807, 2.05) is 56.3 Å². The topological polar surface area (TPSA) is 57.8 Å². The van der Waals surface area contributed by atoms with Crippen molar-refractivity contribution in [3.8, 4) is 11.4 Å². The van der Waals surface area contributed by atoms with Gasteiger partial charge in [0.05, 0.1) is 11.0 Å². The second-order valence-electron chi connectivity index (χ2n) is 5.61. The molecule has 0 spiro atoms. The van der Waals surface area contributed by atoms with Crippen LogP contribution in [0.2, 0.25) is 5.02 Å². The fourth-order valence-corrected chi connectivity index (χ4v) is 2.48. The van der Waals surface area contributed by atoms with E-state index in [-0.39, 0.29) is 11.9 Å². The molecule has 4 nitrogen and oxygen atoms in total. The van der Waals surface area contributed by atoms with Gasteiger partial charge in [0.15, 0.2) is 0 Å². The van der Waals surface area contributed by atoms with Crippen molar-refractivity contribution in [2.45, 2.75) is 26.3 Å². The molecule has 0 aliphatic carbocycles. The molecule has 0 saturated heterocycles. The van der Waals surface area contributed by atoms with Crippen LogP contribution in [0.5, 0.6) is 0 Å². The van der Waals surface area contributed by atoms with Crippen molar-refractivity contribution in [2.75, 3.05) is 0 Å². The minimum absolute atomic E-state index is 0.0534. The van der Waals surface area contributed by atoms with Crippen LogP contribution in [0.25, 0.3) is 22.4 Å². The molecule has 3 aromatic rings. The number of nitrogens with zero attached hydrogens (tertiary/aromatic N) is 1. The van der Waals surface area contributed by atoms with Crippen LogP contribution in [0.3, 0.4) is 0 Å². The van der Waals surface area contributed by atoms with Gasteiger partial charge in [-0.25, -0.2) is 4.98 Å². The third-order valence-electron chi connectivity index (χ3n) is 3.85. The van der Waals surface area contributed by atoms with Gasteiger partial charge in [-0.2, -0.15) is 0 Å². The molecule has 23 heavy (non-hydrogen) atoms. The van der Waals surface area contributed by atoms with Gasteiger partial charge < -0.3 is 10.3 Å². The van der Waals surface area contributed by atoms with E-state index in [0.29, 0.717) is 10.6 Å². The predicted octanol–water partition coefficient (Wildman–Crippen LogP) is 4.41. The Hall–Kier alpha value is -2.33. The highest BCUT2D eigenvalue weighted by atomic mass is 35.5. The smallest absolute Gasteiger partial charge is 0.251 e. The summed E-state index contributed by atoms with van der Waals surface area (Å²) in [6.45, 7) is 4.04. The molecule has 0 fully saturated rings. The van der Waals surface area contributed by atoms with E-state index < -0.39 is 0 Å². The molecule has 2 aromatic carbocycles. The summed E-state index contributed by atoms with van der Waals surface area (Å²) in [5.41, 5.74) is 3.33. The summed E-state index contributed by atoms with van der Waals surface area (Å²) < 4.78 is 0. The second-order valence-corrected chi connectivity index (χ2v) is 6.04. The first-order valence-corrected chi connectivity index (χ1v) is 8.01. The molecule has 1 aromatic heterocycles. The summed E-state index contributed by atoms with van der Waals surface area (Å²) in [6.07, 6.45) is 0.908. The number of amides is 1. The monoisotopic (exact) mass is 327 g/mol. The number of fused-ring (bicyclic) bond motifs is 1. The third kappa shape index (κ3) is 3.37. The van der Waals surface area contributed by atoms with Crippen molar-refractivity contribution in [3.63, 3.8) is 0 Å². The summed E-state index contributed by atoms with van der Waals surface area (Å²) in [6, 6.07) is 13.1. The Bertz CT molecular complexity index is 839. The number of halogens is 1. The van der Waals surface area contributed by atoms with Gasteiger partial charge in [0, 0.05) is 22.2 Å². The molecule has 1 atom stereocenters. The zero-order chi connectivity index (χ0) is 16.4. The number of rotatable bonds is 4. The molecule has 1 heterocycles. The number of imidazole rings is 1. The van der Waals surface area contributed by atoms with E-state index in [1.165, 1.54) is 0 Å². The van der Waals surface area contributed by atoms with Crippen LogP contribution in [0, 0.1) is 0 Å². The van der Waals surface area contributed by atoms with Gasteiger partial charge in [0.1, 0.15) is 5.82 Å². The standard InChI is InChI=1S/C18H18ClN3O/c1-3-11(2)20-18(23)13-6-4-12(5-7-13)17-21-15-9-8-14(19)10-16(15)22-17/h4-11H,3H2,1-2H3,(H,20,23)(H,21,22). The van der Waals surface area contributed by atoms with Gasteiger partial charge >= 0.3 is 0 Å². The van der Waals surface area contributed by atoms with Gasteiger partial charge in [-0.05, 0) is 43.7 Å². The number of hydrogen-bond donors (Lipinski definition) is 2. The van der Waals surface area contributed by atoms with Crippen LogP contribution in [-0.4, -0.2) is 21.9 Å². The van der Waals surface area contributed by atoms with E-state index in [2.05, 4.69) is 15.3 Å². The lowest BCUT2D eigenvalue weighted by Gasteiger charge is -2.11. The molecule has 118 valence electrons. The highest BCUT2D eigenvalue weighted by Gasteiger charge is 2.10. The Morgan fingerprint density at radius 2 is 2.00 bits per heavy atom. The number of aromatic nitrogens is 2. The highest BCUT2D eigenvalue weighted by molar-refractivity contribution is 6.31. The number of carbonyl (C=O) groups excluding carboxylic acids is 1. The maximum Gasteiger partial charge on any atom is 0.251 e. The highest BCUT2D eigenvalue weighted by Crippen LogP contribution is 2.23. The van der Waals surface area contributed by atoms with Gasteiger partial charge in [-0.1, -0.05) is 30.7 Å². The van der Waals surface area contributed by atoms with E-state index >= 15 is 0 Å². The van der Waals surface area contributed by atoms with Crippen LogP contribution < -0.4 is 5.32 Å². The first-order chi connectivity index (χ1) is 11.1. The molecule has 0 aliphatic rings. The second kappa shape index (κ2) is 6.42. The molecule has 0 radical (unpaired) electrons. The van der Waals surface area contributed by atoms with Crippen molar-refractivity contribution in [3.05, 3.63) is 53.1 Å². The number of nitrogens with one attached hydrogen (secondary N) is 2. The van der Waals surface area contributed by atoms with Crippen molar-refractivity contribution in [1.29, 1.82) is 0 Å². The summed E-state index contributed by atoms with van der Waals surface area (Å²) in [5.74, 6) is 0.707. The van der Waals surface area contributed by atoms with E-state index in [4.69, 9.17) is 11.6 Å². The average molecular weight is 328 g/mol. The Balaban J connectivity index is 1.84. The van der Waals surface area contributed by atoms with Crippen LogP contribution in [0.4, 0.5) is 0 Å². The molecular weight excluding hydrogens is 310 g/mol. The first kappa shape index (κ1) is 15.6. The molecule has 1 unspecified atom stereocenters. The number of carbonyl (C=O) groups is 1. The summed E-state index contributed by atoms with van der Waals surface area (Å²) in [5, 5.41) is 3.63. The van der Waals surface area contributed by atoms with Crippen LogP contribution in [-0.2, 0) is 0 Å². The number of hydrogen-bond acceptors (Lipinski definition) is 2. The normalized spacial score (nSPS) is 12.3. The molecule has 0 saturated carbocycles. The summed E-state index contributed by atoms with van der Waals surface area (Å²) in [7, 11) is 0. The molecule has 0 bridgehead atoms. The van der Waals surface area contributed by atoms with Crippen molar-refractivity contribution >= 4 is 28.5 Å². The van der Waals surface area contributed by atoms with Gasteiger partial charge in [-0.15, -0.1) is 0 Å². The lowest BCUT2D eigenvalue weighted by atomic mass is 10.1. The fraction of sp³-hybridized carbons (Fsp3) is 0.222. The SMILES string of the molecule is CCC(C)NC(=O)c1ccc(-c2nc3ccc(Cl)cc3[nH]2)cc1. The maximum absolute atomic E-state index is 12.1. The molecule has 1 amide bonds. The minimum Gasteiger partial charge on any atom is -0.350 e. The Kier molecular flexibility index (Phi) is 4.35. The number of H-pyrrole nitrogens is 1. The lowest BCUT2D eigenvalue weighted by Crippen LogP contribution is -2.31. The van der Waals surface area contributed by atoms with Gasteiger partial charge in [-0.3, -0.25) is 4.79 Å². The summed E-state index contributed by atoms with van der Waals surface area (Å²) >= 11 is 5.99. The van der Waals surface area contributed by atoms with E-state index in [9.17, 15) is 4.79 Å². The average Bonchev–Trinajstić information content (AvgIpc) is 2.97. The van der Waals surface area contributed by atoms with E-state index in [0.717, 1.165) is 28.8 Å². The predicted molar refractivity (Wildman–Crippen MR) is 93.8 cm³/mol.